The molecular formula is C21H20BrN3O4S. The van der Waals surface area contributed by atoms with Gasteiger partial charge in [-0.2, -0.15) is 5.10 Å². The smallest absolute Gasteiger partial charge is 0.264 e. The summed E-state index contributed by atoms with van der Waals surface area (Å²) in [6.07, 6.45) is 1.35. The molecule has 0 aliphatic carbocycles. The van der Waals surface area contributed by atoms with Gasteiger partial charge in [-0.25, -0.2) is 13.8 Å². The van der Waals surface area contributed by atoms with Crippen molar-refractivity contribution in [1.82, 2.24) is 5.43 Å². The summed E-state index contributed by atoms with van der Waals surface area (Å²) >= 11 is 3.33. The average molecular weight is 490 g/mol. The van der Waals surface area contributed by atoms with E-state index in [1.165, 1.54) is 18.3 Å². The van der Waals surface area contributed by atoms with Gasteiger partial charge in [0, 0.05) is 6.07 Å². The predicted molar refractivity (Wildman–Crippen MR) is 119 cm³/mol. The number of anilines is 1. The second-order valence-corrected chi connectivity index (χ2v) is 9.23. The zero-order valence-electron chi connectivity index (χ0n) is 16.4. The van der Waals surface area contributed by atoms with Crippen LogP contribution >= 0.6 is 15.9 Å². The van der Waals surface area contributed by atoms with Crippen LogP contribution in [-0.4, -0.2) is 27.1 Å². The minimum Gasteiger partial charge on any atom is -0.459 e. The van der Waals surface area contributed by atoms with Crippen molar-refractivity contribution in [3.05, 3.63) is 82.2 Å². The van der Waals surface area contributed by atoms with Crippen LogP contribution in [0.15, 0.2) is 79.6 Å². The van der Waals surface area contributed by atoms with Gasteiger partial charge in [-0.1, -0.05) is 30.3 Å². The standard InChI is InChI=1S/C21H20BrN3O4S/c1-15-7-6-8-17(11-15)25(30(27,28)19-9-4-3-5-10-19)14-21(26)24-23-13-18-12-20(22)16(2)29-18/h3-13H,14H2,1-2H3,(H,24,26)/b23-13-. The van der Waals surface area contributed by atoms with E-state index in [2.05, 4.69) is 26.5 Å². The van der Waals surface area contributed by atoms with Crippen molar-refractivity contribution in [2.45, 2.75) is 18.7 Å². The molecule has 30 heavy (non-hydrogen) atoms. The number of furan rings is 1. The van der Waals surface area contributed by atoms with E-state index in [9.17, 15) is 13.2 Å². The number of amides is 1. The van der Waals surface area contributed by atoms with E-state index in [-0.39, 0.29) is 4.90 Å². The van der Waals surface area contributed by atoms with Gasteiger partial charge in [0.1, 0.15) is 18.1 Å². The highest BCUT2D eigenvalue weighted by atomic mass is 79.9. The molecule has 0 saturated carbocycles. The predicted octanol–water partition coefficient (Wildman–Crippen LogP) is 4.00. The third kappa shape index (κ3) is 5.17. The molecule has 3 rings (SSSR count). The van der Waals surface area contributed by atoms with Crippen molar-refractivity contribution in [3.63, 3.8) is 0 Å². The van der Waals surface area contributed by atoms with Crippen molar-refractivity contribution in [1.29, 1.82) is 0 Å². The Morgan fingerprint density at radius 3 is 2.50 bits per heavy atom. The van der Waals surface area contributed by atoms with Gasteiger partial charge >= 0.3 is 0 Å². The van der Waals surface area contributed by atoms with Crippen LogP contribution in [-0.2, 0) is 14.8 Å². The Hall–Kier alpha value is -2.91. The Kier molecular flexibility index (Phi) is 6.73. The molecular weight excluding hydrogens is 470 g/mol. The third-order valence-electron chi connectivity index (χ3n) is 4.17. The van der Waals surface area contributed by atoms with Crippen LogP contribution in [0.5, 0.6) is 0 Å². The Balaban J connectivity index is 1.83. The number of halogens is 1. The summed E-state index contributed by atoms with van der Waals surface area (Å²) in [6.45, 7) is 3.21. The summed E-state index contributed by atoms with van der Waals surface area (Å²) in [7, 11) is -3.95. The van der Waals surface area contributed by atoms with Gasteiger partial charge in [-0.3, -0.25) is 9.10 Å². The topological polar surface area (TPSA) is 92.0 Å². The Bertz CT molecular complexity index is 1150. The molecule has 0 aliphatic heterocycles. The van der Waals surface area contributed by atoms with Gasteiger partial charge in [0.25, 0.3) is 15.9 Å². The zero-order valence-corrected chi connectivity index (χ0v) is 18.8. The zero-order chi connectivity index (χ0) is 21.7. The quantitative estimate of drug-likeness (QED) is 0.400. The van der Waals surface area contributed by atoms with E-state index in [1.54, 1.807) is 49.4 Å². The van der Waals surface area contributed by atoms with E-state index >= 15 is 0 Å². The Morgan fingerprint density at radius 1 is 1.13 bits per heavy atom. The number of aryl methyl sites for hydroxylation is 2. The Labute approximate surface area is 183 Å². The van der Waals surface area contributed by atoms with Crippen molar-refractivity contribution in [2.24, 2.45) is 5.10 Å². The summed E-state index contributed by atoms with van der Waals surface area (Å²) in [5.41, 5.74) is 3.61. The SMILES string of the molecule is Cc1cccc(N(CC(=O)N/N=C\c2cc(Br)c(C)o2)S(=O)(=O)c2ccccc2)c1. The maximum atomic E-state index is 13.2. The number of benzene rings is 2. The van der Waals surface area contributed by atoms with Crippen LogP contribution in [0, 0.1) is 13.8 Å². The third-order valence-corrected chi connectivity index (χ3v) is 6.74. The molecule has 0 unspecified atom stereocenters. The number of hydrogen-bond acceptors (Lipinski definition) is 5. The molecule has 0 atom stereocenters. The summed E-state index contributed by atoms with van der Waals surface area (Å²) in [5.74, 6) is 0.545. The molecule has 0 radical (unpaired) electrons. The molecule has 3 aromatic rings. The van der Waals surface area contributed by atoms with Gasteiger partial charge in [-0.15, -0.1) is 0 Å². The normalized spacial score (nSPS) is 11.6. The maximum Gasteiger partial charge on any atom is 0.264 e. The average Bonchev–Trinajstić information content (AvgIpc) is 3.04. The van der Waals surface area contributed by atoms with E-state index in [4.69, 9.17) is 4.42 Å². The number of carbonyl (C=O) groups excluding carboxylic acids is 1. The van der Waals surface area contributed by atoms with Gasteiger partial charge in [0.2, 0.25) is 0 Å². The number of hydrazone groups is 1. The molecule has 2 aromatic carbocycles. The monoisotopic (exact) mass is 489 g/mol. The van der Waals surface area contributed by atoms with E-state index in [0.29, 0.717) is 17.2 Å². The molecule has 1 heterocycles. The van der Waals surface area contributed by atoms with Gasteiger partial charge in [0.15, 0.2) is 0 Å². The summed E-state index contributed by atoms with van der Waals surface area (Å²) in [5, 5.41) is 3.85. The van der Waals surface area contributed by atoms with Crippen LogP contribution in [0.25, 0.3) is 0 Å². The summed E-state index contributed by atoms with van der Waals surface area (Å²) in [6, 6.07) is 16.6. The number of hydrogen-bond donors (Lipinski definition) is 1. The Morgan fingerprint density at radius 2 is 1.87 bits per heavy atom. The van der Waals surface area contributed by atoms with Crippen molar-refractivity contribution < 1.29 is 17.6 Å². The number of nitrogens with zero attached hydrogens (tertiary/aromatic N) is 2. The highest BCUT2D eigenvalue weighted by Crippen LogP contribution is 2.24. The molecule has 0 saturated heterocycles. The van der Waals surface area contributed by atoms with Crippen LogP contribution in [0.1, 0.15) is 17.1 Å². The van der Waals surface area contributed by atoms with Gasteiger partial charge in [-0.05, 0) is 59.6 Å². The van der Waals surface area contributed by atoms with E-state index < -0.39 is 22.5 Å². The minimum atomic E-state index is -3.95. The van der Waals surface area contributed by atoms with E-state index in [1.807, 2.05) is 13.0 Å². The minimum absolute atomic E-state index is 0.0960. The van der Waals surface area contributed by atoms with Crippen LogP contribution in [0.4, 0.5) is 5.69 Å². The molecule has 7 nitrogen and oxygen atoms in total. The van der Waals surface area contributed by atoms with Gasteiger partial charge < -0.3 is 4.42 Å². The molecule has 9 heteroatoms. The molecule has 1 amide bonds. The highest BCUT2D eigenvalue weighted by Gasteiger charge is 2.27. The highest BCUT2D eigenvalue weighted by molar-refractivity contribution is 9.10. The maximum absolute atomic E-state index is 13.2. The second-order valence-electron chi connectivity index (χ2n) is 6.51. The fraction of sp³-hybridized carbons (Fsp3) is 0.143. The molecule has 156 valence electrons. The second kappa shape index (κ2) is 9.27. The lowest BCUT2D eigenvalue weighted by atomic mass is 10.2. The fourth-order valence-corrected chi connectivity index (χ4v) is 4.44. The van der Waals surface area contributed by atoms with Crippen molar-refractivity contribution in [3.8, 4) is 0 Å². The summed E-state index contributed by atoms with van der Waals surface area (Å²) < 4.78 is 33.7. The molecule has 0 fully saturated rings. The van der Waals surface area contributed by atoms with Gasteiger partial charge in [0.05, 0.1) is 21.3 Å². The first kappa shape index (κ1) is 21.8. The van der Waals surface area contributed by atoms with Crippen LogP contribution in [0.3, 0.4) is 0 Å². The first-order valence-corrected chi connectivity index (χ1v) is 11.2. The van der Waals surface area contributed by atoms with Crippen LogP contribution < -0.4 is 9.73 Å². The van der Waals surface area contributed by atoms with Crippen molar-refractivity contribution in [2.75, 3.05) is 10.8 Å². The van der Waals surface area contributed by atoms with Crippen molar-refractivity contribution >= 4 is 43.8 Å². The molecule has 0 aliphatic rings. The lowest BCUT2D eigenvalue weighted by Gasteiger charge is -2.24. The largest absolute Gasteiger partial charge is 0.459 e. The lowest BCUT2D eigenvalue weighted by Crippen LogP contribution is -2.39. The first-order chi connectivity index (χ1) is 14.3. The number of sulfonamides is 1. The fourth-order valence-electron chi connectivity index (χ4n) is 2.70. The number of carbonyl (C=O) groups is 1. The van der Waals surface area contributed by atoms with Crippen LogP contribution in [0.2, 0.25) is 0 Å². The number of rotatable bonds is 7. The van der Waals surface area contributed by atoms with E-state index in [0.717, 1.165) is 14.3 Å². The molecule has 1 aromatic heterocycles. The first-order valence-electron chi connectivity index (χ1n) is 8.99. The molecule has 1 N–H and O–H groups in total. The lowest BCUT2D eigenvalue weighted by molar-refractivity contribution is -0.119. The molecule has 0 bridgehead atoms. The number of nitrogens with one attached hydrogen (secondary N) is 1. The summed E-state index contributed by atoms with van der Waals surface area (Å²) in [4.78, 5) is 12.6. The molecule has 0 spiro atoms.